The van der Waals surface area contributed by atoms with Gasteiger partial charge in [-0.2, -0.15) is 26.3 Å². The Hall–Kier alpha value is -4.01. The van der Waals surface area contributed by atoms with Gasteiger partial charge in [0.25, 0.3) is 11.8 Å². The van der Waals surface area contributed by atoms with Crippen LogP contribution in [0.25, 0.3) is 11.1 Å². The molecule has 1 aromatic heterocycles. The first-order valence-corrected chi connectivity index (χ1v) is 11.4. The van der Waals surface area contributed by atoms with Crippen molar-refractivity contribution in [2.24, 2.45) is 0 Å². The van der Waals surface area contributed by atoms with E-state index >= 15 is 0 Å². The fourth-order valence-electron chi connectivity index (χ4n) is 3.88. The smallest absolute Gasteiger partial charge is 0.349 e. The van der Waals surface area contributed by atoms with E-state index in [0.29, 0.717) is 0 Å². The minimum atomic E-state index is -4.83. The molecule has 15 heteroatoms. The number of amides is 4. The van der Waals surface area contributed by atoms with Crippen LogP contribution in [-0.2, 0) is 22.7 Å². The summed E-state index contributed by atoms with van der Waals surface area (Å²) in [5.74, 6) is -2.81. The van der Waals surface area contributed by atoms with E-state index in [1.807, 2.05) is 5.32 Å². The molecule has 1 aliphatic rings. The third-order valence-corrected chi connectivity index (χ3v) is 6.66. The molecule has 0 spiro atoms. The van der Waals surface area contributed by atoms with Crippen LogP contribution in [0.2, 0.25) is 0 Å². The van der Waals surface area contributed by atoms with Gasteiger partial charge in [0.2, 0.25) is 0 Å². The van der Waals surface area contributed by atoms with Gasteiger partial charge in [-0.25, -0.2) is 14.2 Å². The number of carbonyl (C=O) groups is 3. The Labute approximate surface area is 213 Å². The number of benzene rings is 2. The Morgan fingerprint density at radius 2 is 1.68 bits per heavy atom. The number of carbonyl (C=O) groups excluding carboxylic acids is 3. The molecule has 200 valence electrons. The summed E-state index contributed by atoms with van der Waals surface area (Å²) in [7, 11) is 0. The number of hydrogen-bond donors (Lipinski definition) is 3. The number of aryl methyl sites for hydroxylation is 1. The van der Waals surface area contributed by atoms with Crippen molar-refractivity contribution < 1.29 is 45.1 Å². The van der Waals surface area contributed by atoms with Gasteiger partial charge in [-0.05, 0) is 48.4 Å². The van der Waals surface area contributed by atoms with Crippen molar-refractivity contribution in [3.8, 4) is 11.1 Å². The van der Waals surface area contributed by atoms with E-state index in [0.717, 1.165) is 42.5 Å². The van der Waals surface area contributed by atoms with Crippen molar-refractivity contribution >= 4 is 29.2 Å². The van der Waals surface area contributed by atoms with Crippen LogP contribution in [0.1, 0.15) is 31.5 Å². The predicted molar refractivity (Wildman–Crippen MR) is 119 cm³/mol. The van der Waals surface area contributed by atoms with E-state index in [2.05, 4.69) is 15.6 Å². The summed E-state index contributed by atoms with van der Waals surface area (Å²) in [5, 5.41) is 5.19. The molecule has 0 saturated carbocycles. The number of thiazole rings is 1. The number of urea groups is 1. The Kier molecular flexibility index (Phi) is 6.67. The van der Waals surface area contributed by atoms with Gasteiger partial charge in [0.1, 0.15) is 5.82 Å². The second kappa shape index (κ2) is 9.38. The minimum absolute atomic E-state index is 0.0452. The number of halogens is 7. The first-order chi connectivity index (χ1) is 17.6. The number of nitrogens with one attached hydrogen (secondary N) is 3. The van der Waals surface area contributed by atoms with Gasteiger partial charge in [0.05, 0.1) is 17.8 Å². The van der Waals surface area contributed by atoms with Gasteiger partial charge in [-0.3, -0.25) is 14.9 Å². The molecule has 0 bridgehead atoms. The molecule has 1 unspecified atom stereocenters. The lowest BCUT2D eigenvalue weighted by Gasteiger charge is -2.25. The largest absolute Gasteiger partial charge is 0.443 e. The number of rotatable bonds is 5. The maximum absolute atomic E-state index is 14.0. The van der Waals surface area contributed by atoms with Crippen molar-refractivity contribution in [2.45, 2.75) is 24.8 Å². The van der Waals surface area contributed by atoms with E-state index in [4.69, 9.17) is 0 Å². The van der Waals surface area contributed by atoms with Crippen LogP contribution in [0, 0.1) is 12.7 Å². The van der Waals surface area contributed by atoms with Crippen LogP contribution < -0.4 is 16.0 Å². The molecular formula is C23H15F7N4O3S. The van der Waals surface area contributed by atoms with Crippen molar-refractivity contribution in [1.29, 1.82) is 0 Å². The zero-order valence-corrected chi connectivity index (χ0v) is 19.8. The highest BCUT2D eigenvalue weighted by atomic mass is 32.1. The van der Waals surface area contributed by atoms with Crippen molar-refractivity contribution in [3.63, 3.8) is 0 Å². The summed E-state index contributed by atoms with van der Waals surface area (Å²) >= 11 is 0.243. The molecule has 1 fully saturated rings. The second-order valence-corrected chi connectivity index (χ2v) is 9.39. The molecule has 0 aliphatic carbocycles. The molecule has 0 radical (unpaired) electrons. The lowest BCUT2D eigenvalue weighted by molar-refractivity contribution is -0.138. The lowest BCUT2D eigenvalue weighted by atomic mass is 9.93. The summed E-state index contributed by atoms with van der Waals surface area (Å²) in [5.41, 5.74) is -3.82. The monoisotopic (exact) mass is 560 g/mol. The van der Waals surface area contributed by atoms with Crippen LogP contribution in [0.5, 0.6) is 0 Å². The zero-order chi connectivity index (χ0) is 28.0. The van der Waals surface area contributed by atoms with Crippen molar-refractivity contribution in [3.05, 3.63) is 75.0 Å². The van der Waals surface area contributed by atoms with Gasteiger partial charge in [-0.15, -0.1) is 11.3 Å². The van der Waals surface area contributed by atoms with Crippen LogP contribution in [0.3, 0.4) is 0 Å². The first kappa shape index (κ1) is 27.0. The lowest BCUT2D eigenvalue weighted by Crippen LogP contribution is -2.53. The third-order valence-electron chi connectivity index (χ3n) is 5.65. The molecule has 3 N–H and O–H groups in total. The highest BCUT2D eigenvalue weighted by Crippen LogP contribution is 2.38. The SMILES string of the molecule is Cc1sc(C(F)(F)F)nc1C1(CNC(=O)c2ccc(F)cc2-c2ccc(C(F)(F)F)cc2)NC(=O)NC1=O. The van der Waals surface area contributed by atoms with E-state index in [1.165, 1.54) is 6.92 Å². The van der Waals surface area contributed by atoms with Crippen LogP contribution in [0.15, 0.2) is 42.5 Å². The topological polar surface area (TPSA) is 100 Å². The maximum atomic E-state index is 14.0. The first-order valence-electron chi connectivity index (χ1n) is 10.6. The number of imide groups is 1. The van der Waals surface area contributed by atoms with Crippen molar-refractivity contribution in [2.75, 3.05) is 6.54 Å². The summed E-state index contributed by atoms with van der Waals surface area (Å²) in [6, 6.07) is 5.43. The quantitative estimate of drug-likeness (QED) is 0.310. The fraction of sp³-hybridized carbons (Fsp3) is 0.217. The molecule has 1 saturated heterocycles. The average molecular weight is 560 g/mol. The van der Waals surface area contributed by atoms with Gasteiger partial charge in [-0.1, -0.05) is 12.1 Å². The normalized spacial score (nSPS) is 17.8. The van der Waals surface area contributed by atoms with E-state index < -0.39 is 64.4 Å². The average Bonchev–Trinajstić information content (AvgIpc) is 3.36. The second-order valence-electron chi connectivity index (χ2n) is 8.18. The number of nitrogens with zero attached hydrogens (tertiary/aromatic N) is 1. The van der Waals surface area contributed by atoms with Crippen LogP contribution in [-0.4, -0.2) is 29.4 Å². The molecule has 4 rings (SSSR count). The highest BCUT2D eigenvalue weighted by molar-refractivity contribution is 7.11. The Bertz CT molecular complexity index is 1430. The maximum Gasteiger partial charge on any atom is 0.443 e. The molecule has 38 heavy (non-hydrogen) atoms. The highest BCUT2D eigenvalue weighted by Gasteiger charge is 2.52. The Morgan fingerprint density at radius 1 is 1.03 bits per heavy atom. The predicted octanol–water partition coefficient (Wildman–Crippen LogP) is 4.76. The van der Waals surface area contributed by atoms with E-state index in [-0.39, 0.29) is 32.9 Å². The third kappa shape index (κ3) is 5.05. The van der Waals surface area contributed by atoms with Gasteiger partial charge < -0.3 is 10.6 Å². The molecule has 3 aromatic rings. The molecule has 1 atom stereocenters. The summed E-state index contributed by atoms with van der Waals surface area (Å²) in [4.78, 5) is 41.2. The molecule has 4 amide bonds. The summed E-state index contributed by atoms with van der Waals surface area (Å²) in [6.45, 7) is 0.515. The van der Waals surface area contributed by atoms with Crippen molar-refractivity contribution in [1.82, 2.24) is 20.9 Å². The molecular weight excluding hydrogens is 545 g/mol. The van der Waals surface area contributed by atoms with Gasteiger partial charge >= 0.3 is 18.4 Å². The summed E-state index contributed by atoms with van der Waals surface area (Å²) in [6.07, 6.45) is -9.46. The van der Waals surface area contributed by atoms with E-state index in [9.17, 15) is 45.1 Å². The molecule has 2 heterocycles. The molecule has 1 aliphatic heterocycles. The fourth-order valence-corrected chi connectivity index (χ4v) is 4.74. The van der Waals surface area contributed by atoms with Crippen LogP contribution in [0.4, 0.5) is 35.5 Å². The van der Waals surface area contributed by atoms with E-state index in [1.54, 1.807) is 0 Å². The minimum Gasteiger partial charge on any atom is -0.349 e. The number of aromatic nitrogens is 1. The molecule has 2 aromatic carbocycles. The number of hydrogen-bond acceptors (Lipinski definition) is 5. The van der Waals surface area contributed by atoms with Gasteiger partial charge in [0, 0.05) is 10.4 Å². The Balaban J connectivity index is 1.67. The summed E-state index contributed by atoms with van der Waals surface area (Å²) < 4.78 is 92.4. The number of alkyl halides is 6. The Morgan fingerprint density at radius 3 is 2.21 bits per heavy atom. The molecule has 7 nitrogen and oxygen atoms in total. The van der Waals surface area contributed by atoms with Crippen LogP contribution >= 0.6 is 11.3 Å². The standard InChI is InChI=1S/C23H15F7N4O3S/c1-10-16(32-19(38-10)23(28,29)30)21(18(36)33-20(37)34-21)9-31-17(35)14-7-6-13(24)8-15(14)11-2-4-12(5-3-11)22(25,26)27/h2-8H,9H2,1H3,(H,31,35)(H2,33,34,36,37). The zero-order valence-electron chi connectivity index (χ0n) is 19.0. The van der Waals surface area contributed by atoms with Gasteiger partial charge in [0.15, 0.2) is 10.5 Å².